The Bertz CT molecular complexity index is 1680. The van der Waals surface area contributed by atoms with Gasteiger partial charge in [-0.2, -0.15) is 0 Å². The minimum Gasteiger partial charge on any atom is -0.352 e. The van der Waals surface area contributed by atoms with Crippen LogP contribution in [0.5, 0.6) is 0 Å². The van der Waals surface area contributed by atoms with Crippen LogP contribution < -0.4 is 10.2 Å². The van der Waals surface area contributed by atoms with E-state index in [4.69, 9.17) is 4.99 Å². The quantitative estimate of drug-likeness (QED) is 0.254. The van der Waals surface area contributed by atoms with E-state index in [1.165, 1.54) is 17.7 Å². The summed E-state index contributed by atoms with van der Waals surface area (Å²) < 4.78 is 13.5. The van der Waals surface area contributed by atoms with Gasteiger partial charge >= 0.3 is 0 Å². The summed E-state index contributed by atoms with van der Waals surface area (Å²) in [5.41, 5.74) is 6.13. The number of nitrogens with one attached hydrogen (secondary N) is 1. The Morgan fingerprint density at radius 2 is 1.45 bits per heavy atom. The van der Waals surface area contributed by atoms with Crippen molar-refractivity contribution in [3.05, 3.63) is 120 Å². The Balaban J connectivity index is 1.18. The standard InChI is InChI=1S/C39H43FN6O/c1-43-23-25-44(26-24-43)33-19-21-45(22-20-33)39-42-36-10-6-5-9-35(36)37(27-38(47)41-28-29-11-15-32(40)16-12-29)46(39)34-17-13-31(14-18-34)30-7-3-2-4-8-30/h2-18,33,37H,19-28H2,1H3,(H,41,47). The molecule has 4 aromatic carbocycles. The fourth-order valence-electron chi connectivity index (χ4n) is 7.14. The van der Waals surface area contributed by atoms with E-state index in [-0.39, 0.29) is 24.2 Å². The van der Waals surface area contributed by atoms with Crippen molar-refractivity contribution in [3.8, 4) is 11.1 Å². The molecular formula is C39H43FN6O. The number of likely N-dealkylation sites (tertiary alicyclic amines) is 1. The summed E-state index contributed by atoms with van der Waals surface area (Å²) >= 11 is 0. The predicted octanol–water partition coefficient (Wildman–Crippen LogP) is 6.46. The van der Waals surface area contributed by atoms with Crippen LogP contribution in [0.25, 0.3) is 11.1 Å². The first-order valence-corrected chi connectivity index (χ1v) is 16.8. The molecule has 7 nitrogen and oxygen atoms in total. The summed E-state index contributed by atoms with van der Waals surface area (Å²) in [4.78, 5) is 28.7. The molecule has 3 aliphatic heterocycles. The summed E-state index contributed by atoms with van der Waals surface area (Å²) in [6.07, 6.45) is 2.44. The molecule has 8 heteroatoms. The lowest BCUT2D eigenvalue weighted by Crippen LogP contribution is -2.55. The number of aliphatic imine (C=N–C) groups is 1. The van der Waals surface area contributed by atoms with E-state index in [1.54, 1.807) is 12.1 Å². The van der Waals surface area contributed by atoms with Gasteiger partial charge in [-0.3, -0.25) is 9.69 Å². The lowest BCUT2D eigenvalue weighted by atomic mass is 9.96. The molecule has 47 heavy (non-hydrogen) atoms. The van der Waals surface area contributed by atoms with Crippen molar-refractivity contribution in [2.24, 2.45) is 4.99 Å². The summed E-state index contributed by atoms with van der Waals surface area (Å²) in [5.74, 6) is 0.562. The van der Waals surface area contributed by atoms with E-state index in [1.807, 2.05) is 18.2 Å². The van der Waals surface area contributed by atoms with E-state index < -0.39 is 0 Å². The number of hydrogen-bond acceptors (Lipinski definition) is 6. The third-order valence-electron chi connectivity index (χ3n) is 9.88. The second-order valence-corrected chi connectivity index (χ2v) is 12.9. The van der Waals surface area contributed by atoms with E-state index in [2.05, 4.69) is 92.6 Å². The number of para-hydroxylation sites is 1. The minimum absolute atomic E-state index is 0.0601. The zero-order valence-electron chi connectivity index (χ0n) is 27.1. The van der Waals surface area contributed by atoms with E-state index in [0.717, 1.165) is 86.1 Å². The number of piperidine rings is 1. The molecule has 1 amide bonds. The van der Waals surface area contributed by atoms with Crippen LogP contribution in [-0.2, 0) is 11.3 Å². The monoisotopic (exact) mass is 630 g/mol. The zero-order chi connectivity index (χ0) is 32.2. The summed E-state index contributed by atoms with van der Waals surface area (Å²) in [6.45, 7) is 6.69. The highest BCUT2D eigenvalue weighted by atomic mass is 19.1. The van der Waals surface area contributed by atoms with Gasteiger partial charge in [0.25, 0.3) is 0 Å². The van der Waals surface area contributed by atoms with Crippen molar-refractivity contribution in [2.45, 2.75) is 37.9 Å². The van der Waals surface area contributed by atoms with Crippen molar-refractivity contribution in [2.75, 3.05) is 51.2 Å². The van der Waals surface area contributed by atoms with E-state index >= 15 is 0 Å². The molecule has 2 fully saturated rings. The van der Waals surface area contributed by atoms with Crippen molar-refractivity contribution in [1.29, 1.82) is 0 Å². The van der Waals surface area contributed by atoms with Gasteiger partial charge in [0.1, 0.15) is 5.82 Å². The number of fused-ring (bicyclic) bond motifs is 1. The maximum absolute atomic E-state index is 13.6. The lowest BCUT2D eigenvalue weighted by Gasteiger charge is -2.46. The van der Waals surface area contributed by atoms with Gasteiger partial charge in [-0.25, -0.2) is 9.38 Å². The molecule has 1 unspecified atom stereocenters. The highest BCUT2D eigenvalue weighted by Gasteiger charge is 2.37. The summed E-state index contributed by atoms with van der Waals surface area (Å²) in [5, 5.41) is 3.09. The minimum atomic E-state index is -0.285. The van der Waals surface area contributed by atoms with Crippen molar-refractivity contribution < 1.29 is 9.18 Å². The number of carbonyl (C=O) groups is 1. The number of anilines is 1. The Morgan fingerprint density at radius 1 is 0.787 bits per heavy atom. The number of rotatable bonds is 7. The molecule has 0 bridgehead atoms. The van der Waals surface area contributed by atoms with Gasteiger partial charge in [0.05, 0.1) is 18.2 Å². The average Bonchev–Trinajstić information content (AvgIpc) is 3.12. The molecule has 3 aliphatic rings. The van der Waals surface area contributed by atoms with Crippen molar-refractivity contribution in [1.82, 2.24) is 20.0 Å². The largest absolute Gasteiger partial charge is 0.352 e. The van der Waals surface area contributed by atoms with Crippen LogP contribution >= 0.6 is 0 Å². The van der Waals surface area contributed by atoms with E-state index in [9.17, 15) is 9.18 Å². The topological polar surface area (TPSA) is 54.4 Å². The van der Waals surface area contributed by atoms with Gasteiger partial charge < -0.3 is 20.0 Å². The van der Waals surface area contributed by atoms with Crippen molar-refractivity contribution >= 4 is 23.2 Å². The Kier molecular flexibility index (Phi) is 9.31. The maximum Gasteiger partial charge on any atom is 0.222 e. The van der Waals surface area contributed by atoms with Gasteiger partial charge in [0.2, 0.25) is 11.9 Å². The molecule has 242 valence electrons. The number of piperazine rings is 1. The molecule has 0 saturated carbocycles. The van der Waals surface area contributed by atoms with Gasteiger partial charge in [0.15, 0.2) is 0 Å². The van der Waals surface area contributed by atoms with E-state index in [0.29, 0.717) is 12.6 Å². The molecule has 0 spiro atoms. The molecule has 0 aromatic heterocycles. The van der Waals surface area contributed by atoms with Crippen LogP contribution in [0.15, 0.2) is 108 Å². The molecular weight excluding hydrogens is 587 g/mol. The highest BCUT2D eigenvalue weighted by molar-refractivity contribution is 6.01. The number of carbonyl (C=O) groups excluding carboxylic acids is 1. The van der Waals surface area contributed by atoms with Crippen molar-refractivity contribution in [3.63, 3.8) is 0 Å². The Hall–Kier alpha value is -4.53. The van der Waals surface area contributed by atoms with Gasteiger partial charge in [-0.1, -0.05) is 72.8 Å². The number of hydrogen-bond donors (Lipinski definition) is 1. The molecule has 7 rings (SSSR count). The number of amides is 1. The lowest BCUT2D eigenvalue weighted by molar-refractivity contribution is -0.121. The number of halogens is 1. The smallest absolute Gasteiger partial charge is 0.222 e. The molecule has 2 saturated heterocycles. The third-order valence-corrected chi connectivity index (χ3v) is 9.88. The number of guanidine groups is 1. The molecule has 1 atom stereocenters. The molecule has 0 aliphatic carbocycles. The van der Waals surface area contributed by atoms with Crippen LogP contribution in [0.3, 0.4) is 0 Å². The first-order chi connectivity index (χ1) is 23.0. The van der Waals surface area contributed by atoms with Crippen LogP contribution in [0.2, 0.25) is 0 Å². The second-order valence-electron chi connectivity index (χ2n) is 12.9. The average molecular weight is 631 g/mol. The number of likely N-dealkylation sites (N-methyl/N-ethyl adjacent to an activating group) is 1. The van der Waals surface area contributed by atoms with Gasteiger partial charge in [-0.15, -0.1) is 0 Å². The second kappa shape index (κ2) is 14.1. The summed E-state index contributed by atoms with van der Waals surface area (Å²) in [7, 11) is 2.21. The number of benzene rings is 4. The Morgan fingerprint density at radius 3 is 2.17 bits per heavy atom. The predicted molar refractivity (Wildman–Crippen MR) is 187 cm³/mol. The fraction of sp³-hybridized carbons (Fsp3) is 0.333. The van der Waals surface area contributed by atoms with Crippen LogP contribution in [-0.4, -0.2) is 78.9 Å². The highest BCUT2D eigenvalue weighted by Crippen LogP contribution is 2.41. The molecule has 0 radical (unpaired) electrons. The first-order valence-electron chi connectivity index (χ1n) is 16.8. The van der Waals surface area contributed by atoms with Crippen LogP contribution in [0.4, 0.5) is 15.8 Å². The van der Waals surface area contributed by atoms with Gasteiger partial charge in [-0.05, 0) is 66.9 Å². The first kappa shape index (κ1) is 31.1. The van der Waals surface area contributed by atoms with Crippen LogP contribution in [0.1, 0.15) is 36.4 Å². The molecule has 1 N–H and O–H groups in total. The fourth-order valence-corrected chi connectivity index (χ4v) is 7.14. The normalized spacial score (nSPS) is 19.3. The Labute approximate surface area is 277 Å². The van der Waals surface area contributed by atoms with Gasteiger partial charge in [0, 0.05) is 63.1 Å². The molecule has 3 heterocycles. The number of nitrogens with zero attached hydrogens (tertiary/aromatic N) is 5. The molecule has 4 aromatic rings. The summed E-state index contributed by atoms with van der Waals surface area (Å²) in [6, 6.07) is 33.9. The maximum atomic E-state index is 13.6. The third kappa shape index (κ3) is 7.09. The zero-order valence-corrected chi connectivity index (χ0v) is 27.1. The van der Waals surface area contributed by atoms with Crippen LogP contribution in [0, 0.1) is 5.82 Å². The SMILES string of the molecule is CN1CCN(C2CCN(C3=Nc4ccccc4C(CC(=O)NCc4ccc(F)cc4)N3c3ccc(-c4ccccc4)cc3)CC2)CC1.